The number of carbonyl (C=O) groups is 1. The van der Waals surface area contributed by atoms with Gasteiger partial charge in [0.25, 0.3) is 0 Å². The fraction of sp³-hybridized carbons (Fsp3) is 0.500. The molecular formula is C14H22N2O3S. The Hall–Kier alpha value is -1.24. The number of phenolic OH excluding ortho intramolecular Hbond substituents is 1. The van der Waals surface area contributed by atoms with Crippen molar-refractivity contribution in [3.63, 3.8) is 0 Å². The highest BCUT2D eigenvalue weighted by Gasteiger charge is 2.13. The van der Waals surface area contributed by atoms with Gasteiger partial charge < -0.3 is 21.3 Å². The quantitative estimate of drug-likeness (QED) is 0.498. The molecule has 0 saturated heterocycles. The smallest absolute Gasteiger partial charge is 0.237 e. The van der Waals surface area contributed by atoms with Crippen LogP contribution in [0.3, 0.4) is 0 Å². The van der Waals surface area contributed by atoms with Crippen molar-refractivity contribution in [2.75, 3.05) is 24.7 Å². The minimum Gasteiger partial charge on any atom is -0.508 e. The lowest BCUT2D eigenvalue weighted by Gasteiger charge is -2.12. The maximum Gasteiger partial charge on any atom is 0.237 e. The molecule has 1 aromatic rings. The molecule has 1 atom stereocenters. The van der Waals surface area contributed by atoms with Crippen molar-refractivity contribution >= 4 is 17.7 Å². The van der Waals surface area contributed by atoms with Crippen LogP contribution in [0, 0.1) is 0 Å². The fourth-order valence-corrected chi connectivity index (χ4v) is 2.41. The Balaban J connectivity index is 2.20. The van der Waals surface area contributed by atoms with Crippen LogP contribution < -0.4 is 11.1 Å². The number of benzene rings is 1. The van der Waals surface area contributed by atoms with Gasteiger partial charge in [-0.2, -0.15) is 11.8 Å². The zero-order valence-corrected chi connectivity index (χ0v) is 12.2. The van der Waals surface area contributed by atoms with Crippen LogP contribution in [-0.2, 0) is 11.2 Å². The van der Waals surface area contributed by atoms with Gasteiger partial charge >= 0.3 is 0 Å². The summed E-state index contributed by atoms with van der Waals surface area (Å²) in [6, 6.07) is 6.10. The minimum absolute atomic E-state index is 0.166. The molecular weight excluding hydrogens is 276 g/mol. The first kappa shape index (κ1) is 16.8. The van der Waals surface area contributed by atoms with E-state index < -0.39 is 6.04 Å². The van der Waals surface area contributed by atoms with Crippen molar-refractivity contribution in [1.29, 1.82) is 0 Å². The predicted octanol–water partition coefficient (Wildman–Crippen LogP) is 0.494. The number of carbonyl (C=O) groups excluding carboxylic acids is 1. The summed E-state index contributed by atoms with van der Waals surface area (Å²) in [5.74, 6) is 1.75. The normalized spacial score (nSPS) is 12.1. The molecule has 0 radical (unpaired) electrons. The Kier molecular flexibility index (Phi) is 8.10. The molecule has 112 valence electrons. The van der Waals surface area contributed by atoms with Crippen LogP contribution in [0.2, 0.25) is 0 Å². The van der Waals surface area contributed by atoms with Crippen LogP contribution in [0.25, 0.3) is 0 Å². The summed E-state index contributed by atoms with van der Waals surface area (Å²) in [6.07, 6.45) is 1.22. The first-order valence-corrected chi connectivity index (χ1v) is 7.78. The molecule has 0 unspecified atom stereocenters. The molecule has 0 aliphatic carbocycles. The molecule has 0 fully saturated rings. The molecule has 0 aliphatic rings. The second-order valence-corrected chi connectivity index (χ2v) is 5.68. The van der Waals surface area contributed by atoms with Gasteiger partial charge in [0.2, 0.25) is 5.91 Å². The van der Waals surface area contributed by atoms with E-state index in [2.05, 4.69) is 5.32 Å². The zero-order chi connectivity index (χ0) is 14.8. The van der Waals surface area contributed by atoms with Crippen LogP contribution in [0.15, 0.2) is 24.3 Å². The Labute approximate surface area is 123 Å². The van der Waals surface area contributed by atoms with Crippen molar-refractivity contribution in [3.05, 3.63) is 29.8 Å². The van der Waals surface area contributed by atoms with Gasteiger partial charge in [0.1, 0.15) is 5.75 Å². The monoisotopic (exact) mass is 298 g/mol. The third-order valence-electron chi connectivity index (χ3n) is 2.72. The highest BCUT2D eigenvalue weighted by molar-refractivity contribution is 7.99. The maximum absolute atomic E-state index is 11.8. The molecule has 5 N–H and O–H groups in total. The number of amides is 1. The van der Waals surface area contributed by atoms with Crippen LogP contribution in [-0.4, -0.2) is 46.8 Å². The second-order valence-electron chi connectivity index (χ2n) is 4.46. The summed E-state index contributed by atoms with van der Waals surface area (Å²) in [5.41, 5.74) is 6.75. The van der Waals surface area contributed by atoms with E-state index in [9.17, 15) is 9.90 Å². The van der Waals surface area contributed by atoms with Gasteiger partial charge in [-0.25, -0.2) is 0 Å². The number of nitrogens with one attached hydrogen (secondary N) is 1. The average Bonchev–Trinajstić information content (AvgIpc) is 2.45. The highest BCUT2D eigenvalue weighted by atomic mass is 32.2. The first-order chi connectivity index (χ1) is 9.63. The first-order valence-electron chi connectivity index (χ1n) is 6.63. The number of hydrogen-bond acceptors (Lipinski definition) is 5. The molecule has 20 heavy (non-hydrogen) atoms. The van der Waals surface area contributed by atoms with E-state index in [0.717, 1.165) is 23.5 Å². The SMILES string of the molecule is N[C@@H](Cc1ccc(O)cc1)C(=O)NCCSCCCO. The van der Waals surface area contributed by atoms with Crippen LogP contribution in [0.5, 0.6) is 5.75 Å². The van der Waals surface area contributed by atoms with E-state index in [1.165, 1.54) is 0 Å². The van der Waals surface area contributed by atoms with Gasteiger partial charge in [0.15, 0.2) is 0 Å². The summed E-state index contributed by atoms with van der Waals surface area (Å²) in [7, 11) is 0. The molecule has 1 aromatic carbocycles. The van der Waals surface area contributed by atoms with Gasteiger partial charge in [-0.1, -0.05) is 12.1 Å². The summed E-state index contributed by atoms with van der Waals surface area (Å²) >= 11 is 1.69. The number of aromatic hydroxyl groups is 1. The van der Waals surface area contributed by atoms with E-state index in [4.69, 9.17) is 10.8 Å². The molecule has 6 heteroatoms. The Bertz CT molecular complexity index is 398. The van der Waals surface area contributed by atoms with Crippen molar-refractivity contribution in [2.24, 2.45) is 5.73 Å². The minimum atomic E-state index is -0.581. The number of aliphatic hydroxyl groups excluding tert-OH is 1. The van der Waals surface area contributed by atoms with E-state index >= 15 is 0 Å². The molecule has 0 heterocycles. The van der Waals surface area contributed by atoms with Gasteiger partial charge in [-0.05, 0) is 36.3 Å². The Morgan fingerprint density at radius 1 is 1.30 bits per heavy atom. The van der Waals surface area contributed by atoms with E-state index in [1.54, 1.807) is 36.0 Å². The second kappa shape index (κ2) is 9.63. The van der Waals surface area contributed by atoms with Gasteiger partial charge in [0.05, 0.1) is 6.04 Å². The molecule has 0 aliphatic heterocycles. The Morgan fingerprint density at radius 2 is 2.00 bits per heavy atom. The molecule has 0 bridgehead atoms. The number of nitrogens with two attached hydrogens (primary N) is 1. The van der Waals surface area contributed by atoms with Crippen LogP contribution in [0.1, 0.15) is 12.0 Å². The lowest BCUT2D eigenvalue weighted by Crippen LogP contribution is -2.42. The van der Waals surface area contributed by atoms with Crippen LogP contribution in [0.4, 0.5) is 0 Å². The lowest BCUT2D eigenvalue weighted by molar-refractivity contribution is -0.122. The van der Waals surface area contributed by atoms with E-state index in [1.807, 2.05) is 0 Å². The topological polar surface area (TPSA) is 95.6 Å². The van der Waals surface area contributed by atoms with Gasteiger partial charge in [0, 0.05) is 18.9 Å². The maximum atomic E-state index is 11.8. The lowest BCUT2D eigenvalue weighted by atomic mass is 10.1. The van der Waals surface area contributed by atoms with Crippen molar-refractivity contribution < 1.29 is 15.0 Å². The summed E-state index contributed by atoms with van der Waals surface area (Å²) < 4.78 is 0. The fourth-order valence-electron chi connectivity index (χ4n) is 1.62. The van der Waals surface area contributed by atoms with Gasteiger partial charge in [-0.15, -0.1) is 0 Å². The molecule has 0 saturated carbocycles. The number of aliphatic hydroxyl groups is 1. The third kappa shape index (κ3) is 6.79. The van der Waals surface area contributed by atoms with Crippen molar-refractivity contribution in [2.45, 2.75) is 18.9 Å². The Morgan fingerprint density at radius 3 is 2.65 bits per heavy atom. The number of rotatable bonds is 9. The van der Waals surface area contributed by atoms with Crippen molar-refractivity contribution in [3.8, 4) is 5.75 Å². The standard InChI is InChI=1S/C14H22N2O3S/c15-13(10-11-2-4-12(18)5-3-11)14(19)16-6-9-20-8-1-7-17/h2-5,13,17-18H,1,6-10,15H2,(H,16,19)/t13-/m0/s1. The zero-order valence-electron chi connectivity index (χ0n) is 11.4. The summed E-state index contributed by atoms with van der Waals surface area (Å²) in [4.78, 5) is 11.8. The van der Waals surface area contributed by atoms with Gasteiger partial charge in [-0.3, -0.25) is 4.79 Å². The third-order valence-corrected chi connectivity index (χ3v) is 3.79. The molecule has 5 nitrogen and oxygen atoms in total. The molecule has 1 amide bonds. The van der Waals surface area contributed by atoms with E-state index in [0.29, 0.717) is 13.0 Å². The molecule has 0 aromatic heterocycles. The predicted molar refractivity (Wildman–Crippen MR) is 81.8 cm³/mol. The van der Waals surface area contributed by atoms with E-state index in [-0.39, 0.29) is 18.3 Å². The van der Waals surface area contributed by atoms with Crippen molar-refractivity contribution in [1.82, 2.24) is 5.32 Å². The summed E-state index contributed by atoms with van der Waals surface area (Å²) in [5, 5.41) is 20.6. The number of phenols is 1. The molecule has 0 spiro atoms. The van der Waals surface area contributed by atoms with Crippen LogP contribution >= 0.6 is 11.8 Å². The number of thioether (sulfide) groups is 1. The highest BCUT2D eigenvalue weighted by Crippen LogP contribution is 2.10. The number of hydrogen-bond donors (Lipinski definition) is 4. The largest absolute Gasteiger partial charge is 0.508 e. The summed E-state index contributed by atoms with van der Waals surface area (Å²) in [6.45, 7) is 0.787. The molecule has 1 rings (SSSR count). The average molecular weight is 298 g/mol.